The fourth-order valence-electron chi connectivity index (χ4n) is 4.11. The minimum Gasteiger partial charge on any atom is -0.444 e. The number of benzene rings is 2. The molecule has 0 radical (unpaired) electrons. The first-order valence-electron chi connectivity index (χ1n) is 11.6. The first-order valence-corrected chi connectivity index (χ1v) is 11.6. The van der Waals surface area contributed by atoms with Crippen molar-refractivity contribution in [3.8, 4) is 0 Å². The lowest BCUT2D eigenvalue weighted by atomic mass is 9.85. The smallest absolute Gasteiger partial charge is 0.416 e. The van der Waals surface area contributed by atoms with E-state index in [0.29, 0.717) is 12.1 Å². The Labute approximate surface area is 210 Å². The van der Waals surface area contributed by atoms with Crippen molar-refractivity contribution in [1.29, 1.82) is 0 Å². The van der Waals surface area contributed by atoms with Gasteiger partial charge in [-0.05, 0) is 57.9 Å². The van der Waals surface area contributed by atoms with Gasteiger partial charge in [-0.25, -0.2) is 4.79 Å². The molecule has 3 rings (SSSR count). The summed E-state index contributed by atoms with van der Waals surface area (Å²) in [6, 6.07) is 7.42. The fourth-order valence-corrected chi connectivity index (χ4v) is 4.11. The van der Waals surface area contributed by atoms with Gasteiger partial charge >= 0.3 is 18.4 Å². The number of carbonyl (C=O) groups is 2. The molecule has 1 heterocycles. The van der Waals surface area contributed by atoms with Gasteiger partial charge in [0.1, 0.15) is 5.60 Å². The van der Waals surface area contributed by atoms with E-state index in [1.165, 1.54) is 4.90 Å². The minimum atomic E-state index is -5.07. The third kappa shape index (κ3) is 7.39. The summed E-state index contributed by atoms with van der Waals surface area (Å²) in [4.78, 5) is 27.1. The maximum Gasteiger partial charge on any atom is 0.416 e. The highest BCUT2D eigenvalue weighted by molar-refractivity contribution is 5.95. The van der Waals surface area contributed by atoms with Crippen LogP contribution in [0.2, 0.25) is 0 Å². The Bertz CT molecular complexity index is 1100. The van der Waals surface area contributed by atoms with Crippen LogP contribution in [0.15, 0.2) is 42.5 Å². The number of alkyl halides is 6. The number of aryl methyl sites for hydroxylation is 1. The lowest BCUT2D eigenvalue weighted by Gasteiger charge is -2.39. The first-order chi connectivity index (χ1) is 16.9. The van der Waals surface area contributed by atoms with Crippen LogP contribution < -0.4 is 5.32 Å². The summed E-state index contributed by atoms with van der Waals surface area (Å²) < 4.78 is 85.0. The molecule has 2 atom stereocenters. The van der Waals surface area contributed by atoms with Crippen LogP contribution in [0.1, 0.15) is 65.7 Å². The Hall–Kier alpha value is -3.24. The Morgan fingerprint density at radius 2 is 1.46 bits per heavy atom. The second-order valence-electron chi connectivity index (χ2n) is 10.1. The van der Waals surface area contributed by atoms with Gasteiger partial charge in [-0.1, -0.05) is 29.8 Å². The van der Waals surface area contributed by atoms with Crippen LogP contribution in [0.5, 0.6) is 0 Å². The summed E-state index contributed by atoms with van der Waals surface area (Å²) in [6.07, 6.45) is -10.5. The molecular weight excluding hydrogens is 502 g/mol. The fraction of sp³-hybridized carbons (Fsp3) is 0.462. The molecule has 1 N–H and O–H groups in total. The zero-order chi connectivity index (χ0) is 27.8. The van der Waals surface area contributed by atoms with E-state index >= 15 is 0 Å². The number of hydrogen-bond acceptors (Lipinski definition) is 3. The number of amides is 2. The van der Waals surface area contributed by atoms with Crippen LogP contribution >= 0.6 is 0 Å². The van der Waals surface area contributed by atoms with E-state index in [1.807, 2.05) is 31.2 Å². The average molecular weight is 531 g/mol. The summed E-state index contributed by atoms with van der Waals surface area (Å²) in [5.41, 5.74) is -2.90. The predicted octanol–water partition coefficient (Wildman–Crippen LogP) is 6.56. The molecule has 0 aliphatic carbocycles. The van der Waals surface area contributed by atoms with Gasteiger partial charge in [-0.3, -0.25) is 4.79 Å². The molecule has 1 aliphatic rings. The van der Waals surface area contributed by atoms with Crippen LogP contribution in [0.4, 0.5) is 31.1 Å². The average Bonchev–Trinajstić information content (AvgIpc) is 2.77. The summed E-state index contributed by atoms with van der Waals surface area (Å²) in [5, 5.41) is 2.61. The van der Waals surface area contributed by atoms with Crippen LogP contribution in [-0.2, 0) is 17.1 Å². The monoisotopic (exact) mass is 530 g/mol. The molecule has 0 saturated carbocycles. The van der Waals surface area contributed by atoms with E-state index in [9.17, 15) is 35.9 Å². The molecule has 2 unspecified atom stereocenters. The second-order valence-corrected chi connectivity index (χ2v) is 10.1. The van der Waals surface area contributed by atoms with Crippen molar-refractivity contribution in [2.75, 3.05) is 13.1 Å². The summed E-state index contributed by atoms with van der Waals surface area (Å²) >= 11 is 0. The van der Waals surface area contributed by atoms with Gasteiger partial charge in [0.2, 0.25) is 0 Å². The maximum atomic E-state index is 13.3. The van der Waals surface area contributed by atoms with Crippen LogP contribution in [0.3, 0.4) is 0 Å². The number of nitrogens with zero attached hydrogens (tertiary/aromatic N) is 1. The van der Waals surface area contributed by atoms with Crippen molar-refractivity contribution in [2.45, 2.75) is 64.0 Å². The largest absolute Gasteiger partial charge is 0.444 e. The van der Waals surface area contributed by atoms with Gasteiger partial charge in [-0.2, -0.15) is 26.3 Å². The molecule has 5 nitrogen and oxygen atoms in total. The molecule has 0 aromatic heterocycles. The summed E-state index contributed by atoms with van der Waals surface area (Å²) in [6.45, 7) is 7.36. The number of halogens is 6. The van der Waals surface area contributed by atoms with Crippen molar-refractivity contribution in [3.05, 3.63) is 70.3 Å². The maximum absolute atomic E-state index is 13.3. The highest BCUT2D eigenvalue weighted by atomic mass is 19.4. The van der Waals surface area contributed by atoms with E-state index in [1.54, 1.807) is 20.8 Å². The zero-order valence-corrected chi connectivity index (χ0v) is 20.8. The Kier molecular flexibility index (Phi) is 7.85. The molecule has 37 heavy (non-hydrogen) atoms. The van der Waals surface area contributed by atoms with Crippen LogP contribution in [0.25, 0.3) is 0 Å². The van der Waals surface area contributed by atoms with E-state index in [4.69, 9.17) is 4.74 Å². The molecule has 11 heteroatoms. The zero-order valence-electron chi connectivity index (χ0n) is 20.8. The van der Waals surface area contributed by atoms with E-state index in [2.05, 4.69) is 5.32 Å². The van der Waals surface area contributed by atoms with Gasteiger partial charge in [0.25, 0.3) is 5.91 Å². The molecule has 0 spiro atoms. The number of likely N-dealkylation sites (tertiary alicyclic amines) is 1. The third-order valence-corrected chi connectivity index (χ3v) is 5.94. The molecule has 1 saturated heterocycles. The normalized spacial score (nSPS) is 18.9. The molecule has 2 aromatic rings. The van der Waals surface area contributed by atoms with Gasteiger partial charge in [-0.15, -0.1) is 0 Å². The number of ether oxygens (including phenoxy) is 1. The number of hydrogen-bond donors (Lipinski definition) is 1. The van der Waals surface area contributed by atoms with E-state index < -0.39 is 58.6 Å². The van der Waals surface area contributed by atoms with Crippen molar-refractivity contribution in [2.24, 2.45) is 0 Å². The molecule has 2 aromatic carbocycles. The highest BCUT2D eigenvalue weighted by Crippen LogP contribution is 2.37. The topological polar surface area (TPSA) is 58.6 Å². The second kappa shape index (κ2) is 10.3. The number of nitrogens with one attached hydrogen (secondary N) is 1. The molecule has 202 valence electrons. The number of piperidine rings is 1. The third-order valence-electron chi connectivity index (χ3n) is 5.94. The van der Waals surface area contributed by atoms with Gasteiger partial charge in [0, 0.05) is 30.6 Å². The SMILES string of the molecule is Cc1ccc(C2CN(C(=O)OC(C)(C)C)CCC2NC(=O)c2cc(C(F)(F)F)cc(C(F)(F)F)c2)cc1. The lowest BCUT2D eigenvalue weighted by molar-refractivity contribution is -0.143. The molecule has 0 bridgehead atoms. The lowest BCUT2D eigenvalue weighted by Crippen LogP contribution is -2.52. The molecule has 1 fully saturated rings. The standard InChI is InChI=1S/C26H28F6N2O3/c1-15-5-7-16(8-6-15)20-14-34(23(36)37-24(2,3)4)10-9-21(20)33-22(35)17-11-18(25(27,28)29)13-19(12-17)26(30,31)32/h5-8,11-13,20-21H,9-10,14H2,1-4H3,(H,33,35). The predicted molar refractivity (Wildman–Crippen MR) is 124 cm³/mol. The number of carbonyl (C=O) groups excluding carboxylic acids is 2. The highest BCUT2D eigenvalue weighted by Gasteiger charge is 2.39. The molecular formula is C26H28F6N2O3. The van der Waals surface area contributed by atoms with Crippen molar-refractivity contribution >= 4 is 12.0 Å². The van der Waals surface area contributed by atoms with Crippen LogP contribution in [-0.4, -0.2) is 41.6 Å². The van der Waals surface area contributed by atoms with E-state index in [0.717, 1.165) is 11.1 Å². The first kappa shape index (κ1) is 28.3. The van der Waals surface area contributed by atoms with Gasteiger partial charge in [0.05, 0.1) is 11.1 Å². The molecule has 2 amide bonds. The van der Waals surface area contributed by atoms with Crippen molar-refractivity contribution in [1.82, 2.24) is 10.2 Å². The summed E-state index contributed by atoms with van der Waals surface area (Å²) in [7, 11) is 0. The van der Waals surface area contributed by atoms with Crippen molar-refractivity contribution < 1.29 is 40.7 Å². The van der Waals surface area contributed by atoms with Crippen molar-refractivity contribution in [3.63, 3.8) is 0 Å². The minimum absolute atomic E-state index is 0.0226. The number of rotatable bonds is 3. The van der Waals surface area contributed by atoms with Gasteiger partial charge in [0.15, 0.2) is 0 Å². The van der Waals surface area contributed by atoms with Crippen LogP contribution in [0, 0.1) is 6.92 Å². The summed E-state index contributed by atoms with van der Waals surface area (Å²) in [5.74, 6) is -1.54. The Morgan fingerprint density at radius 1 is 0.919 bits per heavy atom. The van der Waals surface area contributed by atoms with Gasteiger partial charge < -0.3 is 15.0 Å². The van der Waals surface area contributed by atoms with E-state index in [-0.39, 0.29) is 25.6 Å². The Balaban J connectivity index is 1.91. The molecule has 1 aliphatic heterocycles. The Morgan fingerprint density at radius 3 is 1.95 bits per heavy atom. The quantitative estimate of drug-likeness (QED) is 0.458.